The molecule has 2 nitrogen and oxygen atoms in total. The van der Waals surface area contributed by atoms with Gasteiger partial charge in [0.25, 0.3) is 0 Å². The van der Waals surface area contributed by atoms with Gasteiger partial charge in [-0.1, -0.05) is 41.9 Å². The molecule has 0 spiro atoms. The van der Waals surface area contributed by atoms with Crippen molar-refractivity contribution in [2.45, 2.75) is 6.10 Å². The molecule has 0 aliphatic rings. The van der Waals surface area contributed by atoms with Gasteiger partial charge in [0, 0.05) is 11.6 Å². The van der Waals surface area contributed by atoms with Crippen molar-refractivity contribution in [3.05, 3.63) is 65.2 Å². The number of halogens is 1. The Labute approximate surface area is 113 Å². The molecule has 0 fully saturated rings. The predicted molar refractivity (Wildman–Crippen MR) is 75.2 cm³/mol. The first kappa shape index (κ1) is 12.9. The molecule has 94 valence electrons. The van der Waals surface area contributed by atoms with Crippen LogP contribution in [0.3, 0.4) is 0 Å². The van der Waals surface area contributed by atoms with Crippen molar-refractivity contribution >= 4 is 11.6 Å². The van der Waals surface area contributed by atoms with Gasteiger partial charge in [0.2, 0.25) is 0 Å². The summed E-state index contributed by atoms with van der Waals surface area (Å²) in [5, 5.41) is 3.86. The molecule has 1 atom stereocenters. The first-order chi connectivity index (χ1) is 8.79. The van der Waals surface area contributed by atoms with Crippen molar-refractivity contribution < 1.29 is 4.74 Å². The second-order valence-corrected chi connectivity index (χ2v) is 4.47. The van der Waals surface area contributed by atoms with Crippen molar-refractivity contribution in [3.63, 3.8) is 0 Å². The third-order valence-corrected chi connectivity index (χ3v) is 2.90. The third-order valence-electron chi connectivity index (χ3n) is 2.65. The summed E-state index contributed by atoms with van der Waals surface area (Å²) < 4.78 is 5.97. The first-order valence-electron chi connectivity index (χ1n) is 5.91. The van der Waals surface area contributed by atoms with Gasteiger partial charge in [0.05, 0.1) is 0 Å². The van der Waals surface area contributed by atoms with Crippen LogP contribution in [0.4, 0.5) is 0 Å². The monoisotopic (exact) mass is 261 g/mol. The Hall–Kier alpha value is -1.51. The summed E-state index contributed by atoms with van der Waals surface area (Å²) in [6.07, 6.45) is -0.00243. The largest absolute Gasteiger partial charge is 0.484 e. The summed E-state index contributed by atoms with van der Waals surface area (Å²) >= 11 is 5.86. The third kappa shape index (κ3) is 3.49. The van der Waals surface area contributed by atoms with Crippen molar-refractivity contribution in [1.82, 2.24) is 5.32 Å². The molecule has 0 saturated heterocycles. The molecule has 2 aromatic rings. The van der Waals surface area contributed by atoms with E-state index < -0.39 is 0 Å². The highest BCUT2D eigenvalue weighted by Crippen LogP contribution is 2.23. The van der Waals surface area contributed by atoms with E-state index in [-0.39, 0.29) is 6.10 Å². The van der Waals surface area contributed by atoms with Crippen molar-refractivity contribution in [2.24, 2.45) is 0 Å². The Bertz CT molecular complexity index is 470. The van der Waals surface area contributed by atoms with Crippen LogP contribution in [0.25, 0.3) is 0 Å². The second kappa shape index (κ2) is 6.43. The Morgan fingerprint density at radius 1 is 1.06 bits per heavy atom. The summed E-state index contributed by atoms with van der Waals surface area (Å²) in [5.74, 6) is 0.823. The molecule has 0 saturated carbocycles. The maximum Gasteiger partial charge on any atom is 0.136 e. The van der Waals surface area contributed by atoms with Crippen molar-refractivity contribution in [3.8, 4) is 5.75 Å². The van der Waals surface area contributed by atoms with Gasteiger partial charge in [-0.25, -0.2) is 0 Å². The maximum atomic E-state index is 5.97. The lowest BCUT2D eigenvalue weighted by Gasteiger charge is -2.19. The molecular weight excluding hydrogens is 246 g/mol. The van der Waals surface area contributed by atoms with Crippen LogP contribution in [0.5, 0.6) is 5.75 Å². The number of hydrogen-bond acceptors (Lipinski definition) is 2. The molecule has 0 bridgehead atoms. The smallest absolute Gasteiger partial charge is 0.136 e. The standard InChI is InChI=1S/C15H16ClNO/c1-17-11-15(12-5-3-2-4-6-12)18-14-9-7-13(16)8-10-14/h2-10,15,17H,11H2,1H3. The van der Waals surface area contributed by atoms with E-state index in [4.69, 9.17) is 16.3 Å². The Balaban J connectivity index is 2.14. The normalized spacial score (nSPS) is 12.1. The molecule has 0 aromatic heterocycles. The maximum absolute atomic E-state index is 5.97. The van der Waals surface area contributed by atoms with Gasteiger partial charge >= 0.3 is 0 Å². The van der Waals surface area contributed by atoms with Crippen LogP contribution in [0, 0.1) is 0 Å². The summed E-state index contributed by atoms with van der Waals surface area (Å²) in [6, 6.07) is 17.6. The molecule has 1 unspecified atom stereocenters. The summed E-state index contributed by atoms with van der Waals surface area (Å²) in [4.78, 5) is 0. The molecule has 0 amide bonds. The highest BCUT2D eigenvalue weighted by Gasteiger charge is 2.11. The fourth-order valence-corrected chi connectivity index (χ4v) is 1.88. The van der Waals surface area contributed by atoms with Gasteiger partial charge < -0.3 is 10.1 Å². The number of rotatable bonds is 5. The molecule has 1 N–H and O–H groups in total. The van der Waals surface area contributed by atoms with E-state index in [2.05, 4.69) is 17.4 Å². The van der Waals surface area contributed by atoms with Crippen LogP contribution in [0.1, 0.15) is 11.7 Å². The lowest BCUT2D eigenvalue weighted by Crippen LogP contribution is -2.21. The minimum atomic E-state index is -0.00243. The van der Waals surface area contributed by atoms with E-state index >= 15 is 0 Å². The van der Waals surface area contributed by atoms with Gasteiger partial charge in [-0.3, -0.25) is 0 Å². The minimum absolute atomic E-state index is 0.00243. The Morgan fingerprint density at radius 3 is 2.33 bits per heavy atom. The number of benzene rings is 2. The molecule has 3 heteroatoms. The van der Waals surface area contributed by atoms with E-state index in [1.54, 1.807) is 0 Å². The zero-order valence-corrected chi connectivity index (χ0v) is 11.0. The zero-order chi connectivity index (χ0) is 12.8. The lowest BCUT2D eigenvalue weighted by atomic mass is 10.1. The molecule has 2 aromatic carbocycles. The fourth-order valence-electron chi connectivity index (χ4n) is 1.76. The molecule has 0 radical (unpaired) electrons. The minimum Gasteiger partial charge on any atom is -0.484 e. The van der Waals surface area contributed by atoms with Gasteiger partial charge in [0.15, 0.2) is 0 Å². The first-order valence-corrected chi connectivity index (χ1v) is 6.29. The topological polar surface area (TPSA) is 21.3 Å². The van der Waals surface area contributed by atoms with Crippen molar-refractivity contribution in [2.75, 3.05) is 13.6 Å². The van der Waals surface area contributed by atoms with E-state index in [1.807, 2.05) is 49.5 Å². The summed E-state index contributed by atoms with van der Waals surface area (Å²) in [5.41, 5.74) is 1.15. The zero-order valence-electron chi connectivity index (χ0n) is 10.3. The van der Waals surface area contributed by atoms with Crippen LogP contribution >= 0.6 is 11.6 Å². The second-order valence-electron chi connectivity index (χ2n) is 4.03. The van der Waals surface area contributed by atoms with E-state index in [0.717, 1.165) is 17.9 Å². The van der Waals surface area contributed by atoms with Crippen LogP contribution in [0.2, 0.25) is 5.02 Å². The van der Waals surface area contributed by atoms with Crippen LogP contribution in [-0.4, -0.2) is 13.6 Å². The van der Waals surface area contributed by atoms with Crippen LogP contribution < -0.4 is 10.1 Å². The molecule has 0 heterocycles. The number of nitrogens with one attached hydrogen (secondary N) is 1. The van der Waals surface area contributed by atoms with Crippen molar-refractivity contribution in [1.29, 1.82) is 0 Å². The predicted octanol–water partition coefficient (Wildman–Crippen LogP) is 3.68. The SMILES string of the molecule is CNCC(Oc1ccc(Cl)cc1)c1ccccc1. The lowest BCUT2D eigenvalue weighted by molar-refractivity contribution is 0.205. The van der Waals surface area contributed by atoms with E-state index in [0.29, 0.717) is 5.02 Å². The number of hydrogen-bond donors (Lipinski definition) is 1. The summed E-state index contributed by atoms with van der Waals surface area (Å²) in [7, 11) is 1.92. The van der Waals surface area contributed by atoms with Gasteiger partial charge in [0.1, 0.15) is 11.9 Å². The fraction of sp³-hybridized carbons (Fsp3) is 0.200. The average molecular weight is 262 g/mol. The van der Waals surface area contributed by atoms with Crippen LogP contribution in [0.15, 0.2) is 54.6 Å². The highest BCUT2D eigenvalue weighted by molar-refractivity contribution is 6.30. The van der Waals surface area contributed by atoms with E-state index in [9.17, 15) is 0 Å². The van der Waals surface area contributed by atoms with Gasteiger partial charge in [-0.2, -0.15) is 0 Å². The highest BCUT2D eigenvalue weighted by atomic mass is 35.5. The average Bonchev–Trinajstić information content (AvgIpc) is 2.42. The Kier molecular flexibility index (Phi) is 4.62. The summed E-state index contributed by atoms with van der Waals surface area (Å²) in [6.45, 7) is 0.757. The molecule has 0 aliphatic heterocycles. The van der Waals surface area contributed by atoms with Crippen LogP contribution in [-0.2, 0) is 0 Å². The quantitative estimate of drug-likeness (QED) is 0.887. The van der Waals surface area contributed by atoms with E-state index in [1.165, 1.54) is 0 Å². The van der Waals surface area contributed by atoms with Gasteiger partial charge in [-0.15, -0.1) is 0 Å². The Morgan fingerprint density at radius 2 is 1.72 bits per heavy atom. The molecule has 0 aliphatic carbocycles. The molecular formula is C15H16ClNO. The van der Waals surface area contributed by atoms with Gasteiger partial charge in [-0.05, 0) is 36.9 Å². The molecule has 2 rings (SSSR count). The number of ether oxygens (including phenoxy) is 1. The molecule has 18 heavy (non-hydrogen) atoms. The number of likely N-dealkylation sites (N-methyl/N-ethyl adjacent to an activating group) is 1.